The Labute approximate surface area is 155 Å². The van der Waals surface area contributed by atoms with Crippen LogP contribution < -0.4 is 14.6 Å². The number of nitrogens with zero attached hydrogens (tertiary/aromatic N) is 1. The molecule has 6 heteroatoms. The van der Waals surface area contributed by atoms with E-state index in [1.165, 1.54) is 11.3 Å². The molecule has 25 heavy (non-hydrogen) atoms. The monoisotopic (exact) mass is 369 g/mol. The molecule has 0 aliphatic heterocycles. The largest absolute Gasteiger partial charge is 0.501 e. The van der Waals surface area contributed by atoms with Crippen molar-refractivity contribution >= 4 is 45.7 Å². The second-order valence-corrected chi connectivity index (χ2v) is 6.50. The van der Waals surface area contributed by atoms with Gasteiger partial charge in [-0.25, -0.2) is 0 Å². The molecular weight excluding hydrogens is 352 g/mol. The zero-order valence-corrected chi connectivity index (χ0v) is 15.2. The van der Waals surface area contributed by atoms with Gasteiger partial charge in [0.1, 0.15) is 5.75 Å². The number of hydrogen-bond donors (Lipinski definition) is 2. The second kappa shape index (κ2) is 7.92. The highest BCUT2D eigenvalue weighted by Gasteiger charge is 2.24. The first-order valence-electron chi connectivity index (χ1n) is 7.58. The number of methoxy groups -OCH3 is 1. The van der Waals surface area contributed by atoms with E-state index in [-0.39, 0.29) is 5.76 Å². The van der Waals surface area contributed by atoms with Crippen LogP contribution in [0.15, 0.2) is 72.4 Å². The first kappa shape index (κ1) is 17.1. The number of rotatable bonds is 5. The molecule has 1 aromatic carbocycles. The van der Waals surface area contributed by atoms with Crippen LogP contribution in [0, 0.1) is 0 Å². The van der Waals surface area contributed by atoms with Crippen LogP contribution in [0.2, 0.25) is 0 Å². The van der Waals surface area contributed by atoms with Gasteiger partial charge >= 0.3 is 0 Å². The Kier molecular flexibility index (Phi) is 5.42. The molecule has 126 valence electrons. The summed E-state index contributed by atoms with van der Waals surface area (Å²) in [5.74, 6) is 0.861. The van der Waals surface area contributed by atoms with Crippen LogP contribution >= 0.6 is 23.6 Å². The van der Waals surface area contributed by atoms with Crippen molar-refractivity contribution in [3.05, 3.63) is 77.2 Å². The zero-order chi connectivity index (χ0) is 17.6. The van der Waals surface area contributed by atoms with Gasteiger partial charge in [-0.15, -0.1) is 11.3 Å². The van der Waals surface area contributed by atoms with Gasteiger partial charge in [0.25, 0.3) is 5.70 Å². The average molecular weight is 369 g/mol. The molecule has 2 heterocycles. The van der Waals surface area contributed by atoms with Crippen molar-refractivity contribution in [3.8, 4) is 5.75 Å². The fraction of sp³-hybridized carbons (Fsp3) is 0.0526. The minimum absolute atomic E-state index is 0.131. The maximum Gasteiger partial charge on any atom is 0.289 e. The number of thiophene rings is 1. The van der Waals surface area contributed by atoms with Crippen LogP contribution in [0.4, 0.5) is 5.69 Å². The van der Waals surface area contributed by atoms with E-state index < -0.39 is 0 Å². The van der Waals surface area contributed by atoms with Gasteiger partial charge in [0.15, 0.2) is 17.4 Å². The van der Waals surface area contributed by atoms with E-state index in [4.69, 9.17) is 17.0 Å². The standard InChI is InChI=1S/C19H16N2O2S2/c1-23-15-8-5-7-14(13-15)20-19(24)17(21-10-3-2-4-11-21)18(22)16-9-6-12-25-16/h2-13H,1H3,(H-,20,22,24)/p+1. The molecule has 0 aliphatic carbocycles. The second-order valence-electron chi connectivity index (χ2n) is 5.14. The van der Waals surface area contributed by atoms with Gasteiger partial charge in [-0.3, -0.25) is 0 Å². The van der Waals surface area contributed by atoms with Gasteiger partial charge in [-0.2, -0.15) is 4.57 Å². The van der Waals surface area contributed by atoms with Crippen molar-refractivity contribution in [3.63, 3.8) is 0 Å². The number of aromatic nitrogens is 1. The number of aliphatic hydroxyl groups is 1. The number of nitrogens with one attached hydrogen (secondary N) is 1. The van der Waals surface area contributed by atoms with E-state index in [2.05, 4.69) is 5.32 Å². The van der Waals surface area contributed by atoms with Gasteiger partial charge < -0.3 is 15.2 Å². The Morgan fingerprint density at radius 1 is 1.12 bits per heavy atom. The number of hydrogen-bond acceptors (Lipinski definition) is 4. The maximum atomic E-state index is 10.8. The number of benzene rings is 1. The van der Waals surface area contributed by atoms with Crippen LogP contribution in [0.3, 0.4) is 0 Å². The van der Waals surface area contributed by atoms with Gasteiger partial charge in [0, 0.05) is 23.9 Å². The number of pyridine rings is 1. The van der Waals surface area contributed by atoms with Gasteiger partial charge in [-0.05, 0) is 23.6 Å². The van der Waals surface area contributed by atoms with Crippen LogP contribution in [-0.2, 0) is 0 Å². The summed E-state index contributed by atoms with van der Waals surface area (Å²) >= 11 is 7.04. The quantitative estimate of drug-likeness (QED) is 0.303. The summed E-state index contributed by atoms with van der Waals surface area (Å²) in [5.41, 5.74) is 1.30. The summed E-state index contributed by atoms with van der Waals surface area (Å²) in [4.78, 5) is 1.16. The van der Waals surface area contributed by atoms with E-state index in [9.17, 15) is 5.11 Å². The van der Waals surface area contributed by atoms with Crippen LogP contribution in [0.25, 0.3) is 11.5 Å². The smallest absolute Gasteiger partial charge is 0.289 e. The first-order chi connectivity index (χ1) is 12.2. The third-order valence-corrected chi connectivity index (χ3v) is 4.67. The Morgan fingerprint density at radius 2 is 1.92 bits per heavy atom. The predicted molar refractivity (Wildman–Crippen MR) is 106 cm³/mol. The SMILES string of the molecule is COc1cccc(NC(=S)/C(=C(\O)c2cccs2)[n+]2ccccc2)c1. The molecule has 0 saturated carbocycles. The van der Waals surface area contributed by atoms with Crippen LogP contribution in [0.1, 0.15) is 4.88 Å². The summed E-state index contributed by atoms with van der Waals surface area (Å²) in [7, 11) is 1.62. The summed E-state index contributed by atoms with van der Waals surface area (Å²) in [6, 6.07) is 16.9. The van der Waals surface area contributed by atoms with E-state index in [0.717, 1.165) is 16.3 Å². The van der Waals surface area contributed by atoms with Crippen LogP contribution in [-0.4, -0.2) is 17.2 Å². The molecule has 4 nitrogen and oxygen atoms in total. The maximum absolute atomic E-state index is 10.8. The first-order valence-corrected chi connectivity index (χ1v) is 8.87. The molecule has 0 bridgehead atoms. The molecule has 0 amide bonds. The highest BCUT2D eigenvalue weighted by Crippen LogP contribution is 2.23. The Morgan fingerprint density at radius 3 is 2.60 bits per heavy atom. The summed E-state index contributed by atoms with van der Waals surface area (Å²) in [6.45, 7) is 0. The van der Waals surface area contributed by atoms with Crippen molar-refractivity contribution in [2.45, 2.75) is 0 Å². The lowest BCUT2D eigenvalue weighted by molar-refractivity contribution is -0.575. The molecule has 0 fully saturated rings. The summed E-state index contributed by atoms with van der Waals surface area (Å²) in [5, 5.41) is 15.9. The van der Waals surface area contributed by atoms with E-state index in [1.807, 2.05) is 72.4 Å². The van der Waals surface area contributed by atoms with Crippen molar-refractivity contribution in [2.75, 3.05) is 12.4 Å². The highest BCUT2D eigenvalue weighted by molar-refractivity contribution is 7.81. The van der Waals surface area contributed by atoms with Crippen molar-refractivity contribution in [1.82, 2.24) is 0 Å². The molecule has 3 aromatic rings. The average Bonchev–Trinajstić information content (AvgIpc) is 3.17. The summed E-state index contributed by atoms with van der Waals surface area (Å²) in [6.07, 6.45) is 3.69. The normalized spacial score (nSPS) is 11.6. The van der Waals surface area contributed by atoms with E-state index >= 15 is 0 Å². The molecular formula is C19H17N2O2S2+. The number of ether oxygens (including phenoxy) is 1. The molecule has 0 radical (unpaired) electrons. The molecule has 3 rings (SSSR count). The number of thiocarbonyl (C=S) groups is 1. The predicted octanol–water partition coefficient (Wildman–Crippen LogP) is 4.37. The molecule has 0 atom stereocenters. The fourth-order valence-corrected chi connectivity index (χ4v) is 3.31. The minimum atomic E-state index is 0.131. The molecule has 2 N–H and O–H groups in total. The van der Waals surface area contributed by atoms with Gasteiger partial charge in [-0.1, -0.05) is 30.4 Å². The molecule has 0 aliphatic rings. The topological polar surface area (TPSA) is 45.4 Å². The van der Waals surface area contributed by atoms with Crippen molar-refractivity contribution in [1.29, 1.82) is 0 Å². The third-order valence-electron chi connectivity index (χ3n) is 3.50. The highest BCUT2D eigenvalue weighted by atomic mass is 32.1. The fourth-order valence-electron chi connectivity index (χ4n) is 2.32. The van der Waals surface area contributed by atoms with Crippen molar-refractivity contribution < 1.29 is 14.4 Å². The Bertz CT molecular complexity index is 891. The zero-order valence-electron chi connectivity index (χ0n) is 13.5. The number of anilines is 1. The Balaban J connectivity index is 2.00. The molecule has 2 aromatic heterocycles. The van der Waals surface area contributed by atoms with E-state index in [1.54, 1.807) is 11.7 Å². The third kappa shape index (κ3) is 4.04. The molecule has 0 unspecified atom stereocenters. The van der Waals surface area contributed by atoms with Gasteiger partial charge in [0.2, 0.25) is 5.76 Å². The minimum Gasteiger partial charge on any atom is -0.501 e. The molecule has 0 spiro atoms. The van der Waals surface area contributed by atoms with Crippen LogP contribution in [0.5, 0.6) is 5.75 Å². The lowest BCUT2D eigenvalue weighted by atomic mass is 10.2. The summed E-state index contributed by atoms with van der Waals surface area (Å²) < 4.78 is 7.04. The van der Waals surface area contributed by atoms with Crippen molar-refractivity contribution in [2.24, 2.45) is 0 Å². The number of aliphatic hydroxyl groups excluding tert-OH is 1. The molecule has 0 saturated heterocycles. The Hall–Kier alpha value is -2.70. The lowest BCUT2D eigenvalue weighted by Crippen LogP contribution is -2.38. The lowest BCUT2D eigenvalue weighted by Gasteiger charge is -2.10. The van der Waals surface area contributed by atoms with E-state index in [0.29, 0.717) is 10.7 Å². The van der Waals surface area contributed by atoms with Gasteiger partial charge in [0.05, 0.1) is 12.0 Å².